The molecule has 1 heterocycles. The highest BCUT2D eigenvalue weighted by atomic mass is 16.5. The molecule has 2 aromatic rings. The van der Waals surface area contributed by atoms with E-state index in [1.807, 2.05) is 38.1 Å². The quantitative estimate of drug-likeness (QED) is 0.725. The average Bonchev–Trinajstić information content (AvgIpc) is 2.18. The van der Waals surface area contributed by atoms with E-state index in [1.54, 1.807) is 0 Å². The molecule has 3 nitrogen and oxygen atoms in total. The van der Waals surface area contributed by atoms with Crippen molar-refractivity contribution >= 4 is 10.9 Å². The summed E-state index contributed by atoms with van der Waals surface area (Å²) >= 11 is 0. The molecule has 0 aliphatic rings. The topological polar surface area (TPSA) is 35.0 Å². The van der Waals surface area contributed by atoms with Crippen LogP contribution in [0.3, 0.4) is 0 Å². The summed E-state index contributed by atoms with van der Waals surface area (Å²) < 4.78 is 5.45. The predicted octanol–water partition coefficient (Wildman–Crippen LogP) is 2.34. The van der Waals surface area contributed by atoms with Crippen LogP contribution < -0.4 is 4.74 Å². The first-order valence-corrected chi connectivity index (χ1v) is 4.67. The highest BCUT2D eigenvalue weighted by Crippen LogP contribution is 2.21. The average molecular weight is 188 g/mol. The zero-order valence-corrected chi connectivity index (χ0v) is 8.32. The van der Waals surface area contributed by atoms with Gasteiger partial charge < -0.3 is 4.74 Å². The smallest absolute Gasteiger partial charge is 0.224 e. The zero-order valence-electron chi connectivity index (χ0n) is 8.32. The lowest BCUT2D eigenvalue weighted by atomic mass is 10.2. The fourth-order valence-corrected chi connectivity index (χ4v) is 1.41. The van der Waals surface area contributed by atoms with Gasteiger partial charge in [0.25, 0.3) is 0 Å². The molecule has 0 spiro atoms. The van der Waals surface area contributed by atoms with E-state index in [9.17, 15) is 0 Å². The summed E-state index contributed by atoms with van der Waals surface area (Å²) in [5.74, 6) is 1.42. The molecular weight excluding hydrogens is 176 g/mol. The molecule has 2 rings (SSSR count). The molecule has 0 N–H and O–H groups in total. The number of nitrogens with zero attached hydrogens (tertiary/aromatic N) is 2. The van der Waals surface area contributed by atoms with Crippen molar-refractivity contribution in [2.24, 2.45) is 0 Å². The third-order valence-electron chi connectivity index (χ3n) is 1.96. The van der Waals surface area contributed by atoms with Crippen LogP contribution in [-0.2, 0) is 0 Å². The maximum atomic E-state index is 5.45. The van der Waals surface area contributed by atoms with Gasteiger partial charge >= 0.3 is 0 Å². The standard InChI is InChI=1S/C11H12N2O/c1-3-14-11-9-6-4-5-7-10(9)12-8(2)13-11/h4-7H,3H2,1-2H3. The number of aromatic nitrogens is 2. The lowest BCUT2D eigenvalue weighted by Crippen LogP contribution is -1.98. The van der Waals surface area contributed by atoms with Gasteiger partial charge in [-0.1, -0.05) is 12.1 Å². The van der Waals surface area contributed by atoms with Gasteiger partial charge in [0.15, 0.2) is 0 Å². The van der Waals surface area contributed by atoms with Crippen LogP contribution in [0.5, 0.6) is 5.88 Å². The molecular formula is C11H12N2O. The van der Waals surface area contributed by atoms with Crippen LogP contribution in [0.4, 0.5) is 0 Å². The van der Waals surface area contributed by atoms with Gasteiger partial charge in [0.05, 0.1) is 17.5 Å². The molecule has 1 aromatic heterocycles. The molecule has 0 unspecified atom stereocenters. The molecule has 1 aromatic carbocycles. The molecule has 0 radical (unpaired) electrons. The van der Waals surface area contributed by atoms with Crippen molar-refractivity contribution in [1.82, 2.24) is 9.97 Å². The van der Waals surface area contributed by atoms with Gasteiger partial charge in [-0.3, -0.25) is 0 Å². The minimum atomic E-state index is 0.625. The van der Waals surface area contributed by atoms with Crippen LogP contribution in [-0.4, -0.2) is 16.6 Å². The molecule has 0 aliphatic carbocycles. The summed E-state index contributed by atoms with van der Waals surface area (Å²) in [6, 6.07) is 7.86. The van der Waals surface area contributed by atoms with Crippen molar-refractivity contribution in [2.45, 2.75) is 13.8 Å². The number of ether oxygens (including phenoxy) is 1. The normalized spacial score (nSPS) is 10.4. The number of fused-ring (bicyclic) bond motifs is 1. The van der Waals surface area contributed by atoms with Gasteiger partial charge in [-0.15, -0.1) is 0 Å². The maximum Gasteiger partial charge on any atom is 0.224 e. The van der Waals surface area contributed by atoms with Gasteiger partial charge in [-0.05, 0) is 26.0 Å². The maximum absolute atomic E-state index is 5.45. The predicted molar refractivity (Wildman–Crippen MR) is 55.4 cm³/mol. The Bertz CT molecular complexity index is 454. The van der Waals surface area contributed by atoms with Crippen molar-refractivity contribution in [1.29, 1.82) is 0 Å². The highest BCUT2D eigenvalue weighted by Gasteiger charge is 2.04. The summed E-state index contributed by atoms with van der Waals surface area (Å²) in [5.41, 5.74) is 0.934. The van der Waals surface area contributed by atoms with Gasteiger partial charge in [-0.25, -0.2) is 4.98 Å². The Balaban J connectivity index is 2.67. The second-order valence-corrected chi connectivity index (χ2v) is 3.03. The summed E-state index contributed by atoms with van der Waals surface area (Å²) in [4.78, 5) is 8.59. The molecule has 0 atom stereocenters. The Morgan fingerprint density at radius 3 is 2.79 bits per heavy atom. The minimum absolute atomic E-state index is 0.625. The third-order valence-corrected chi connectivity index (χ3v) is 1.96. The molecule has 72 valence electrons. The van der Waals surface area contributed by atoms with Crippen LogP contribution in [0, 0.1) is 6.92 Å². The van der Waals surface area contributed by atoms with Gasteiger partial charge in [0, 0.05) is 0 Å². The molecule has 14 heavy (non-hydrogen) atoms. The Labute approximate surface area is 82.8 Å². The van der Waals surface area contributed by atoms with E-state index in [2.05, 4.69) is 9.97 Å². The van der Waals surface area contributed by atoms with Crippen molar-refractivity contribution < 1.29 is 4.74 Å². The van der Waals surface area contributed by atoms with Crippen LogP contribution in [0.25, 0.3) is 10.9 Å². The molecule has 3 heteroatoms. The number of rotatable bonds is 2. The monoisotopic (exact) mass is 188 g/mol. The van der Waals surface area contributed by atoms with Crippen molar-refractivity contribution in [2.75, 3.05) is 6.61 Å². The Morgan fingerprint density at radius 1 is 1.21 bits per heavy atom. The lowest BCUT2D eigenvalue weighted by molar-refractivity contribution is 0.330. The SMILES string of the molecule is CCOc1nc(C)nc2ccccc12. The van der Waals surface area contributed by atoms with E-state index in [4.69, 9.17) is 4.74 Å². The van der Waals surface area contributed by atoms with E-state index < -0.39 is 0 Å². The number of hydrogen-bond acceptors (Lipinski definition) is 3. The fourth-order valence-electron chi connectivity index (χ4n) is 1.41. The highest BCUT2D eigenvalue weighted by molar-refractivity contribution is 5.83. The zero-order chi connectivity index (χ0) is 9.97. The Kier molecular flexibility index (Phi) is 2.31. The van der Waals surface area contributed by atoms with Gasteiger partial charge in [-0.2, -0.15) is 4.98 Å². The minimum Gasteiger partial charge on any atom is -0.477 e. The fraction of sp³-hybridized carbons (Fsp3) is 0.273. The molecule has 0 aliphatic heterocycles. The van der Waals surface area contributed by atoms with E-state index >= 15 is 0 Å². The number of benzene rings is 1. The van der Waals surface area contributed by atoms with Crippen LogP contribution in [0.2, 0.25) is 0 Å². The summed E-state index contributed by atoms with van der Waals surface area (Å²) in [5, 5.41) is 0.972. The van der Waals surface area contributed by atoms with Crippen molar-refractivity contribution in [3.8, 4) is 5.88 Å². The van der Waals surface area contributed by atoms with E-state index in [0.29, 0.717) is 12.5 Å². The first kappa shape index (κ1) is 8.94. The molecule has 0 saturated carbocycles. The van der Waals surface area contributed by atoms with Gasteiger partial charge in [0.1, 0.15) is 5.82 Å². The van der Waals surface area contributed by atoms with E-state index in [0.717, 1.165) is 16.7 Å². The van der Waals surface area contributed by atoms with Gasteiger partial charge in [0.2, 0.25) is 5.88 Å². The van der Waals surface area contributed by atoms with Crippen molar-refractivity contribution in [3.05, 3.63) is 30.1 Å². The molecule has 0 fully saturated rings. The number of para-hydroxylation sites is 1. The first-order valence-electron chi connectivity index (χ1n) is 4.67. The van der Waals surface area contributed by atoms with E-state index in [-0.39, 0.29) is 0 Å². The second-order valence-electron chi connectivity index (χ2n) is 3.03. The van der Waals surface area contributed by atoms with E-state index in [1.165, 1.54) is 0 Å². The number of aryl methyl sites for hydroxylation is 1. The van der Waals surface area contributed by atoms with Crippen LogP contribution in [0.15, 0.2) is 24.3 Å². The Hall–Kier alpha value is -1.64. The molecule has 0 bridgehead atoms. The lowest BCUT2D eigenvalue weighted by Gasteiger charge is -2.06. The second kappa shape index (κ2) is 3.62. The summed E-state index contributed by atoms with van der Waals surface area (Å²) in [7, 11) is 0. The Morgan fingerprint density at radius 2 is 2.00 bits per heavy atom. The number of hydrogen-bond donors (Lipinski definition) is 0. The largest absolute Gasteiger partial charge is 0.477 e. The molecule has 0 amide bonds. The first-order chi connectivity index (χ1) is 6.81. The van der Waals surface area contributed by atoms with Crippen LogP contribution >= 0.6 is 0 Å². The summed E-state index contributed by atoms with van der Waals surface area (Å²) in [6.07, 6.45) is 0. The van der Waals surface area contributed by atoms with Crippen LogP contribution in [0.1, 0.15) is 12.7 Å². The third kappa shape index (κ3) is 1.53. The summed E-state index contributed by atoms with van der Waals surface area (Å²) in [6.45, 7) is 4.45. The molecule has 0 saturated heterocycles. The van der Waals surface area contributed by atoms with Crippen molar-refractivity contribution in [3.63, 3.8) is 0 Å².